The smallest absolute Gasteiger partial charge is 0.387 e. The number of halogens is 3. The Morgan fingerprint density at radius 3 is 2.80 bits per heavy atom. The molecule has 2 N–H and O–H groups in total. The summed E-state index contributed by atoms with van der Waals surface area (Å²) >= 11 is 5.88. The number of hydrogen-bond acceptors (Lipinski definition) is 3. The van der Waals surface area contributed by atoms with Gasteiger partial charge in [-0.15, -0.1) is 0 Å². The third-order valence-electron chi connectivity index (χ3n) is 3.57. The highest BCUT2D eigenvalue weighted by molar-refractivity contribution is 6.32. The van der Waals surface area contributed by atoms with Crippen molar-refractivity contribution < 1.29 is 18.6 Å². The van der Waals surface area contributed by atoms with Crippen molar-refractivity contribution in [1.82, 2.24) is 5.32 Å². The lowest BCUT2D eigenvalue weighted by molar-refractivity contribution is -0.0497. The molecule has 2 rings (SSSR count). The van der Waals surface area contributed by atoms with E-state index in [-0.39, 0.29) is 16.9 Å². The fourth-order valence-electron chi connectivity index (χ4n) is 2.50. The third kappa shape index (κ3) is 4.30. The van der Waals surface area contributed by atoms with Gasteiger partial charge in [-0.2, -0.15) is 8.78 Å². The van der Waals surface area contributed by atoms with Crippen molar-refractivity contribution in [1.29, 1.82) is 0 Å². The van der Waals surface area contributed by atoms with E-state index < -0.39 is 6.61 Å². The van der Waals surface area contributed by atoms with Crippen molar-refractivity contribution in [2.24, 2.45) is 5.92 Å². The van der Waals surface area contributed by atoms with Gasteiger partial charge >= 0.3 is 6.61 Å². The zero-order valence-electron chi connectivity index (χ0n) is 11.0. The van der Waals surface area contributed by atoms with Gasteiger partial charge in [0.2, 0.25) is 0 Å². The Kier molecular flexibility index (Phi) is 5.57. The highest BCUT2D eigenvalue weighted by atomic mass is 35.5. The summed E-state index contributed by atoms with van der Waals surface area (Å²) in [5.74, 6) is 0.281. The summed E-state index contributed by atoms with van der Waals surface area (Å²) in [6.07, 6.45) is 2.76. The molecule has 3 nitrogen and oxygen atoms in total. The molecule has 1 saturated carbocycles. The molecule has 112 valence electrons. The summed E-state index contributed by atoms with van der Waals surface area (Å²) in [5.41, 5.74) is 0.893. The van der Waals surface area contributed by atoms with E-state index in [1.807, 2.05) is 0 Å². The summed E-state index contributed by atoms with van der Waals surface area (Å²) in [6.45, 7) is -1.55. The summed E-state index contributed by atoms with van der Waals surface area (Å²) in [7, 11) is 0. The summed E-state index contributed by atoms with van der Waals surface area (Å²) in [5, 5.41) is 13.1. The van der Waals surface area contributed by atoms with Crippen LogP contribution in [0.5, 0.6) is 5.75 Å². The van der Waals surface area contributed by atoms with Gasteiger partial charge in [-0.05, 0) is 36.5 Å². The Morgan fingerprint density at radius 1 is 1.40 bits per heavy atom. The monoisotopic (exact) mass is 305 g/mol. The van der Waals surface area contributed by atoms with Gasteiger partial charge in [0.05, 0.1) is 11.1 Å². The number of hydrogen-bond donors (Lipinski definition) is 2. The number of benzene rings is 1. The van der Waals surface area contributed by atoms with Crippen LogP contribution in [-0.2, 0) is 6.54 Å². The van der Waals surface area contributed by atoms with Crippen LogP contribution in [0.15, 0.2) is 18.2 Å². The van der Waals surface area contributed by atoms with Gasteiger partial charge in [0.1, 0.15) is 5.75 Å². The lowest BCUT2D eigenvalue weighted by Gasteiger charge is -2.15. The second kappa shape index (κ2) is 7.20. The van der Waals surface area contributed by atoms with Crippen LogP contribution in [0, 0.1) is 5.92 Å². The van der Waals surface area contributed by atoms with Crippen LogP contribution in [0.1, 0.15) is 24.8 Å². The standard InChI is InChI=1S/C14H18ClF2NO2/c15-11-6-9(4-5-13(11)20-14(16)17)7-18-8-10-2-1-3-12(10)19/h4-6,10,12,14,18-19H,1-3,7-8H2. The first kappa shape index (κ1) is 15.5. The van der Waals surface area contributed by atoms with E-state index in [0.29, 0.717) is 12.5 Å². The quantitative estimate of drug-likeness (QED) is 0.848. The molecule has 1 aliphatic carbocycles. The van der Waals surface area contributed by atoms with Gasteiger partial charge in [0, 0.05) is 13.1 Å². The number of nitrogens with one attached hydrogen (secondary N) is 1. The molecule has 0 radical (unpaired) electrons. The van der Waals surface area contributed by atoms with Crippen LogP contribution in [0.25, 0.3) is 0 Å². The van der Waals surface area contributed by atoms with Crippen LogP contribution in [0.2, 0.25) is 5.02 Å². The first-order chi connectivity index (χ1) is 9.56. The predicted molar refractivity (Wildman–Crippen MR) is 73.1 cm³/mol. The topological polar surface area (TPSA) is 41.5 Å². The second-order valence-corrected chi connectivity index (χ2v) is 5.44. The number of ether oxygens (including phenoxy) is 1. The van der Waals surface area contributed by atoms with Crippen molar-refractivity contribution >= 4 is 11.6 Å². The molecular weight excluding hydrogens is 288 g/mol. The molecular formula is C14H18ClF2NO2. The summed E-state index contributed by atoms with van der Waals surface area (Å²) in [4.78, 5) is 0. The minimum Gasteiger partial charge on any atom is -0.433 e. The van der Waals surface area contributed by atoms with E-state index in [1.165, 1.54) is 6.07 Å². The SMILES string of the molecule is OC1CCCC1CNCc1ccc(OC(F)F)c(Cl)c1. The first-order valence-electron chi connectivity index (χ1n) is 6.68. The average molecular weight is 306 g/mol. The molecule has 1 aromatic carbocycles. The number of alkyl halides is 2. The Hall–Kier alpha value is -0.910. The fourth-order valence-corrected chi connectivity index (χ4v) is 2.75. The lowest BCUT2D eigenvalue weighted by atomic mass is 10.1. The van der Waals surface area contributed by atoms with Crippen LogP contribution >= 0.6 is 11.6 Å². The maximum Gasteiger partial charge on any atom is 0.387 e. The Morgan fingerprint density at radius 2 is 2.20 bits per heavy atom. The molecule has 0 aliphatic heterocycles. The molecule has 0 saturated heterocycles. The molecule has 2 unspecified atom stereocenters. The van der Waals surface area contributed by atoms with E-state index >= 15 is 0 Å². The van der Waals surface area contributed by atoms with Crippen LogP contribution in [-0.4, -0.2) is 24.4 Å². The van der Waals surface area contributed by atoms with Crippen LogP contribution in [0.3, 0.4) is 0 Å². The van der Waals surface area contributed by atoms with Crippen molar-refractivity contribution in [3.05, 3.63) is 28.8 Å². The minimum absolute atomic E-state index is 0.0170. The molecule has 1 aromatic rings. The predicted octanol–water partition coefficient (Wildman–Crippen LogP) is 3.19. The number of aliphatic hydroxyl groups is 1. The van der Waals surface area contributed by atoms with Crippen molar-refractivity contribution in [2.45, 2.75) is 38.5 Å². The van der Waals surface area contributed by atoms with E-state index in [9.17, 15) is 13.9 Å². The highest BCUT2D eigenvalue weighted by Crippen LogP contribution is 2.27. The van der Waals surface area contributed by atoms with Crippen molar-refractivity contribution in [3.63, 3.8) is 0 Å². The molecule has 0 bridgehead atoms. The van der Waals surface area contributed by atoms with E-state index in [0.717, 1.165) is 31.4 Å². The highest BCUT2D eigenvalue weighted by Gasteiger charge is 2.24. The number of aliphatic hydroxyl groups excluding tert-OH is 1. The number of rotatable bonds is 6. The van der Waals surface area contributed by atoms with E-state index in [2.05, 4.69) is 10.1 Å². The maximum atomic E-state index is 12.1. The van der Waals surface area contributed by atoms with Gasteiger partial charge in [0.25, 0.3) is 0 Å². The van der Waals surface area contributed by atoms with Gasteiger partial charge in [-0.25, -0.2) is 0 Å². The molecule has 0 spiro atoms. The molecule has 1 aliphatic rings. The lowest BCUT2D eigenvalue weighted by Crippen LogP contribution is -2.27. The molecule has 2 atom stereocenters. The Labute approximate surface area is 121 Å². The molecule has 0 aromatic heterocycles. The summed E-state index contributed by atoms with van der Waals surface area (Å²) in [6, 6.07) is 4.74. The molecule has 1 fully saturated rings. The first-order valence-corrected chi connectivity index (χ1v) is 7.06. The maximum absolute atomic E-state index is 12.1. The zero-order chi connectivity index (χ0) is 14.5. The Balaban J connectivity index is 1.82. The molecule has 0 amide bonds. The molecule has 6 heteroatoms. The Bertz CT molecular complexity index is 445. The van der Waals surface area contributed by atoms with E-state index in [4.69, 9.17) is 11.6 Å². The average Bonchev–Trinajstić information content (AvgIpc) is 2.78. The third-order valence-corrected chi connectivity index (χ3v) is 3.86. The van der Waals surface area contributed by atoms with Gasteiger partial charge < -0.3 is 15.2 Å². The second-order valence-electron chi connectivity index (χ2n) is 5.03. The normalized spacial score (nSPS) is 22.4. The van der Waals surface area contributed by atoms with Gasteiger partial charge in [0.15, 0.2) is 0 Å². The minimum atomic E-state index is -2.87. The fraction of sp³-hybridized carbons (Fsp3) is 0.571. The van der Waals surface area contributed by atoms with Crippen LogP contribution in [0.4, 0.5) is 8.78 Å². The zero-order valence-corrected chi connectivity index (χ0v) is 11.7. The molecule has 20 heavy (non-hydrogen) atoms. The summed E-state index contributed by atoms with van der Waals surface area (Å²) < 4.78 is 28.5. The molecule has 0 heterocycles. The van der Waals surface area contributed by atoms with Crippen molar-refractivity contribution in [3.8, 4) is 5.75 Å². The van der Waals surface area contributed by atoms with Crippen molar-refractivity contribution in [2.75, 3.05) is 6.54 Å². The van der Waals surface area contributed by atoms with E-state index in [1.54, 1.807) is 12.1 Å². The van der Waals surface area contributed by atoms with Gasteiger partial charge in [-0.3, -0.25) is 0 Å². The van der Waals surface area contributed by atoms with Crippen LogP contribution < -0.4 is 10.1 Å². The van der Waals surface area contributed by atoms with Gasteiger partial charge in [-0.1, -0.05) is 24.1 Å². The largest absolute Gasteiger partial charge is 0.433 e.